The van der Waals surface area contributed by atoms with Crippen molar-refractivity contribution in [1.29, 1.82) is 0 Å². The zero-order chi connectivity index (χ0) is 20.4. The zero-order valence-electron chi connectivity index (χ0n) is 15.0. The minimum absolute atomic E-state index is 0.206. The highest BCUT2D eigenvalue weighted by Crippen LogP contribution is 2.24. The fourth-order valence-electron chi connectivity index (χ4n) is 2.68. The molecule has 0 amide bonds. The number of hydrazone groups is 1. The molecular weight excluding hydrogens is 385 g/mol. The molecule has 1 fully saturated rings. The maximum absolute atomic E-state index is 13.9. The normalized spacial score (nSPS) is 15.1. The molecule has 1 N–H and O–H groups in total. The van der Waals surface area contributed by atoms with Crippen molar-refractivity contribution >= 4 is 17.3 Å². The molecule has 3 rings (SSSR count). The molecule has 1 aromatic heterocycles. The van der Waals surface area contributed by atoms with Gasteiger partial charge in [-0.25, -0.2) is 31.9 Å². The van der Waals surface area contributed by atoms with Gasteiger partial charge in [0.15, 0.2) is 29.1 Å². The Bertz CT molecular complexity index is 902. The van der Waals surface area contributed by atoms with Crippen LogP contribution < -0.4 is 10.3 Å². The number of nitrogens with one attached hydrogen (secondary N) is 1. The first kappa shape index (κ1) is 19.9. The summed E-state index contributed by atoms with van der Waals surface area (Å²) in [6, 6.07) is 1.56. The third kappa shape index (κ3) is 3.88. The number of ether oxygens (including phenoxy) is 1. The molecule has 1 aliphatic rings. The molecule has 28 heavy (non-hydrogen) atoms. The maximum atomic E-state index is 13.9. The molecule has 11 heteroatoms. The Morgan fingerprint density at radius 3 is 2.18 bits per heavy atom. The Kier molecular flexibility index (Phi) is 5.73. The Morgan fingerprint density at radius 1 is 1.00 bits per heavy atom. The number of aryl methyl sites for hydroxylation is 1. The van der Waals surface area contributed by atoms with E-state index in [1.54, 1.807) is 13.0 Å². The Balaban J connectivity index is 1.89. The lowest BCUT2D eigenvalue weighted by atomic mass is 10.1. The molecule has 0 saturated carbocycles. The van der Waals surface area contributed by atoms with Crippen LogP contribution in [0.25, 0.3) is 0 Å². The van der Waals surface area contributed by atoms with Crippen LogP contribution in [-0.4, -0.2) is 42.0 Å². The van der Waals surface area contributed by atoms with Gasteiger partial charge < -0.3 is 9.64 Å². The van der Waals surface area contributed by atoms with Gasteiger partial charge in [0.1, 0.15) is 11.6 Å². The first-order chi connectivity index (χ1) is 13.3. The number of hydrogen-bond donors (Lipinski definition) is 1. The quantitative estimate of drug-likeness (QED) is 0.280. The van der Waals surface area contributed by atoms with Gasteiger partial charge >= 0.3 is 0 Å². The molecule has 1 aromatic carbocycles. The number of halogens is 5. The molecule has 2 heterocycles. The highest BCUT2D eigenvalue weighted by atomic mass is 19.2. The van der Waals surface area contributed by atoms with Crippen LogP contribution in [0.5, 0.6) is 0 Å². The van der Waals surface area contributed by atoms with Gasteiger partial charge in [0.25, 0.3) is 0 Å². The summed E-state index contributed by atoms with van der Waals surface area (Å²) >= 11 is 0. The SMILES string of the molecule is C/C(=N\Nc1cc(N2CCOCC2)nc(C)n1)c1c(F)c(F)c(F)c(F)c1F. The van der Waals surface area contributed by atoms with Crippen LogP contribution >= 0.6 is 0 Å². The van der Waals surface area contributed by atoms with Gasteiger partial charge in [-0.1, -0.05) is 0 Å². The summed E-state index contributed by atoms with van der Waals surface area (Å²) in [5, 5.41) is 3.72. The molecule has 6 nitrogen and oxygen atoms in total. The molecule has 0 spiro atoms. The Hall–Kier alpha value is -2.82. The van der Waals surface area contributed by atoms with Crippen molar-refractivity contribution in [3.8, 4) is 0 Å². The smallest absolute Gasteiger partial charge is 0.200 e. The highest BCUT2D eigenvalue weighted by Gasteiger charge is 2.27. The fourth-order valence-corrected chi connectivity index (χ4v) is 2.68. The topological polar surface area (TPSA) is 62.6 Å². The van der Waals surface area contributed by atoms with E-state index in [0.717, 1.165) is 6.92 Å². The van der Waals surface area contributed by atoms with Gasteiger partial charge in [0, 0.05) is 19.2 Å². The second-order valence-electron chi connectivity index (χ2n) is 6.01. The lowest BCUT2D eigenvalue weighted by Crippen LogP contribution is -2.36. The van der Waals surface area contributed by atoms with Gasteiger partial charge in [-0.3, -0.25) is 5.43 Å². The second kappa shape index (κ2) is 8.05. The molecule has 150 valence electrons. The van der Waals surface area contributed by atoms with E-state index in [1.165, 1.54) is 0 Å². The third-order valence-corrected chi connectivity index (χ3v) is 4.07. The monoisotopic (exact) mass is 401 g/mol. The predicted molar refractivity (Wildman–Crippen MR) is 91.9 cm³/mol. The van der Waals surface area contributed by atoms with Crippen molar-refractivity contribution in [3.63, 3.8) is 0 Å². The molecule has 0 aliphatic carbocycles. The van der Waals surface area contributed by atoms with Gasteiger partial charge in [-0.15, -0.1) is 0 Å². The van der Waals surface area contributed by atoms with E-state index in [-0.39, 0.29) is 5.82 Å². The summed E-state index contributed by atoms with van der Waals surface area (Å²) in [5.74, 6) is -8.97. The van der Waals surface area contributed by atoms with Crippen LogP contribution in [0.4, 0.5) is 33.6 Å². The summed E-state index contributed by atoms with van der Waals surface area (Å²) in [6.45, 7) is 5.11. The molecule has 0 bridgehead atoms. The molecule has 0 radical (unpaired) electrons. The van der Waals surface area contributed by atoms with Crippen molar-refractivity contribution < 1.29 is 26.7 Å². The van der Waals surface area contributed by atoms with Crippen LogP contribution in [0.3, 0.4) is 0 Å². The number of anilines is 2. The van der Waals surface area contributed by atoms with E-state index < -0.39 is 40.4 Å². The van der Waals surface area contributed by atoms with Crippen molar-refractivity contribution in [2.24, 2.45) is 5.10 Å². The molecule has 1 aliphatic heterocycles. The molecule has 0 atom stereocenters. The van der Waals surface area contributed by atoms with Crippen LogP contribution in [-0.2, 0) is 4.74 Å². The lowest BCUT2D eigenvalue weighted by molar-refractivity contribution is 0.122. The van der Waals surface area contributed by atoms with Crippen molar-refractivity contribution in [3.05, 3.63) is 46.5 Å². The minimum atomic E-state index is -2.22. The van der Waals surface area contributed by atoms with Crippen LogP contribution in [0.2, 0.25) is 0 Å². The molecule has 2 aromatic rings. The van der Waals surface area contributed by atoms with E-state index in [2.05, 4.69) is 20.5 Å². The number of benzene rings is 1. The summed E-state index contributed by atoms with van der Waals surface area (Å²) < 4.78 is 72.9. The van der Waals surface area contributed by atoms with Crippen molar-refractivity contribution in [2.75, 3.05) is 36.6 Å². The maximum Gasteiger partial charge on any atom is 0.200 e. The summed E-state index contributed by atoms with van der Waals surface area (Å²) in [6.07, 6.45) is 0. The average Bonchev–Trinajstić information content (AvgIpc) is 2.69. The van der Waals surface area contributed by atoms with Gasteiger partial charge in [0.05, 0.1) is 24.5 Å². The number of rotatable bonds is 4. The summed E-state index contributed by atoms with van der Waals surface area (Å²) in [7, 11) is 0. The highest BCUT2D eigenvalue weighted by molar-refractivity contribution is 5.99. The van der Waals surface area contributed by atoms with E-state index in [0.29, 0.717) is 37.9 Å². The second-order valence-corrected chi connectivity index (χ2v) is 6.01. The number of nitrogens with zero attached hydrogens (tertiary/aromatic N) is 4. The Morgan fingerprint density at radius 2 is 1.57 bits per heavy atom. The molecular formula is C17H16F5N5O. The van der Waals surface area contributed by atoms with Crippen LogP contribution in [0.1, 0.15) is 18.3 Å². The first-order valence-corrected chi connectivity index (χ1v) is 8.30. The van der Waals surface area contributed by atoms with E-state index in [1.807, 2.05) is 4.90 Å². The van der Waals surface area contributed by atoms with Crippen LogP contribution in [0.15, 0.2) is 11.2 Å². The van der Waals surface area contributed by atoms with E-state index in [4.69, 9.17) is 4.74 Å². The number of morpholine rings is 1. The predicted octanol–water partition coefficient (Wildman–Crippen LogP) is 3.15. The summed E-state index contributed by atoms with van der Waals surface area (Å²) in [4.78, 5) is 10.4. The van der Waals surface area contributed by atoms with Gasteiger partial charge in [-0.2, -0.15) is 5.10 Å². The third-order valence-electron chi connectivity index (χ3n) is 4.07. The first-order valence-electron chi connectivity index (χ1n) is 8.30. The standard InChI is InChI=1S/C17H16F5N5O/c1-8(12-13(18)15(20)17(22)16(21)14(12)19)25-26-10-7-11(24-9(2)23-10)27-3-5-28-6-4-27/h7H,3-6H2,1-2H3,(H,23,24,26)/b25-8+. The largest absolute Gasteiger partial charge is 0.378 e. The van der Waals surface area contributed by atoms with Gasteiger partial charge in [-0.05, 0) is 13.8 Å². The van der Waals surface area contributed by atoms with Crippen molar-refractivity contribution in [2.45, 2.75) is 13.8 Å². The van der Waals surface area contributed by atoms with Gasteiger partial charge in [0.2, 0.25) is 5.82 Å². The zero-order valence-corrected chi connectivity index (χ0v) is 15.0. The lowest BCUT2D eigenvalue weighted by Gasteiger charge is -2.28. The van der Waals surface area contributed by atoms with Crippen molar-refractivity contribution in [1.82, 2.24) is 9.97 Å². The average molecular weight is 401 g/mol. The minimum Gasteiger partial charge on any atom is -0.378 e. The number of aromatic nitrogens is 2. The van der Waals surface area contributed by atoms with E-state index >= 15 is 0 Å². The fraction of sp³-hybridized carbons (Fsp3) is 0.353. The number of hydrogen-bond acceptors (Lipinski definition) is 6. The molecule has 1 saturated heterocycles. The molecule has 0 unspecified atom stereocenters. The Labute approximate surface area is 157 Å². The van der Waals surface area contributed by atoms with Crippen LogP contribution in [0, 0.1) is 36.0 Å². The van der Waals surface area contributed by atoms with E-state index in [9.17, 15) is 22.0 Å². The summed E-state index contributed by atoms with van der Waals surface area (Å²) in [5.41, 5.74) is 0.937.